The van der Waals surface area contributed by atoms with E-state index in [1.165, 1.54) is 0 Å². The van der Waals surface area contributed by atoms with Gasteiger partial charge in [-0.3, -0.25) is 4.79 Å². The van der Waals surface area contributed by atoms with Crippen molar-refractivity contribution in [3.8, 4) is 0 Å². The molecule has 12 heavy (non-hydrogen) atoms. The minimum atomic E-state index is -0.656. The molecule has 1 aliphatic heterocycles. The van der Waals surface area contributed by atoms with Gasteiger partial charge in [-0.25, -0.2) is 4.79 Å². The Morgan fingerprint density at radius 2 is 2.17 bits per heavy atom. The molecule has 1 unspecified atom stereocenters. The van der Waals surface area contributed by atoms with Crippen LogP contribution in [0.4, 0.5) is 0 Å². The molecule has 0 N–H and O–H groups in total. The molecule has 1 saturated heterocycles. The predicted molar refractivity (Wildman–Crippen MR) is 43.6 cm³/mol. The number of hydrogen-bond acceptors (Lipinski definition) is 3. The molecule has 1 fully saturated rings. The van der Waals surface area contributed by atoms with Crippen molar-refractivity contribution in [3.63, 3.8) is 0 Å². The summed E-state index contributed by atoms with van der Waals surface area (Å²) < 4.78 is 4.72. The van der Waals surface area contributed by atoms with Gasteiger partial charge in [0.15, 0.2) is 0 Å². The van der Waals surface area contributed by atoms with E-state index in [2.05, 4.69) is 0 Å². The van der Waals surface area contributed by atoms with E-state index in [-0.39, 0.29) is 5.78 Å². The highest BCUT2D eigenvalue weighted by atomic mass is 16.5. The Kier molecular flexibility index (Phi) is 2.50. The average Bonchev–Trinajstić information content (AvgIpc) is 2.20. The van der Waals surface area contributed by atoms with E-state index in [0.717, 1.165) is 12.8 Å². The third-order valence-corrected chi connectivity index (χ3v) is 2.62. The third kappa shape index (κ3) is 1.49. The number of Topliss-reactive ketones (excluding diaryl/α,β-unsaturated/α-hetero) is 1. The molecule has 0 aromatic carbocycles. The summed E-state index contributed by atoms with van der Waals surface area (Å²) in [6, 6.07) is 0. The Bertz CT molecular complexity index is 210. The van der Waals surface area contributed by atoms with Crippen LogP contribution in [0, 0.1) is 5.41 Å². The number of cyclic esters (lactones) is 1. The minimum Gasteiger partial charge on any atom is -0.460 e. The monoisotopic (exact) mass is 170 g/mol. The van der Waals surface area contributed by atoms with E-state index in [0.29, 0.717) is 13.0 Å². The lowest BCUT2D eigenvalue weighted by molar-refractivity contribution is -0.156. The largest absolute Gasteiger partial charge is 0.460 e. The van der Waals surface area contributed by atoms with Gasteiger partial charge in [0.05, 0.1) is 6.61 Å². The molecule has 1 atom stereocenters. The summed E-state index contributed by atoms with van der Waals surface area (Å²) in [6.07, 6.45) is 2.26. The van der Waals surface area contributed by atoms with E-state index in [1.54, 1.807) is 0 Å². The highest BCUT2D eigenvalue weighted by molar-refractivity contribution is 6.35. The molecule has 1 rings (SSSR count). The van der Waals surface area contributed by atoms with Gasteiger partial charge in [-0.2, -0.15) is 0 Å². The van der Waals surface area contributed by atoms with Gasteiger partial charge in [-0.1, -0.05) is 13.8 Å². The SMILES string of the molecule is CCC1(C)CCCOC(=O)C1=O. The molecule has 1 aliphatic rings. The van der Waals surface area contributed by atoms with Crippen LogP contribution in [-0.4, -0.2) is 18.4 Å². The quantitative estimate of drug-likeness (QED) is 0.440. The summed E-state index contributed by atoms with van der Waals surface area (Å²) in [6.45, 7) is 4.15. The van der Waals surface area contributed by atoms with Crippen molar-refractivity contribution in [2.24, 2.45) is 5.41 Å². The number of carbonyl (C=O) groups excluding carboxylic acids is 2. The van der Waals surface area contributed by atoms with Crippen molar-refractivity contribution in [2.75, 3.05) is 6.61 Å². The van der Waals surface area contributed by atoms with E-state index in [9.17, 15) is 9.59 Å². The summed E-state index contributed by atoms with van der Waals surface area (Å²) in [4.78, 5) is 22.4. The summed E-state index contributed by atoms with van der Waals surface area (Å²) in [7, 11) is 0. The topological polar surface area (TPSA) is 43.4 Å². The number of ketones is 1. The molecular formula is C9H14O3. The first-order valence-corrected chi connectivity index (χ1v) is 4.32. The maximum Gasteiger partial charge on any atom is 0.375 e. The van der Waals surface area contributed by atoms with Gasteiger partial charge in [-0.05, 0) is 19.3 Å². The molecule has 0 amide bonds. The van der Waals surface area contributed by atoms with Gasteiger partial charge in [0.25, 0.3) is 0 Å². The van der Waals surface area contributed by atoms with Crippen LogP contribution >= 0.6 is 0 Å². The molecule has 0 aliphatic carbocycles. The van der Waals surface area contributed by atoms with Crippen molar-refractivity contribution in [1.82, 2.24) is 0 Å². The second-order valence-corrected chi connectivity index (χ2v) is 3.48. The summed E-state index contributed by atoms with van der Waals surface area (Å²) in [5, 5.41) is 0. The number of ether oxygens (including phenoxy) is 1. The molecule has 0 spiro atoms. The van der Waals surface area contributed by atoms with E-state index < -0.39 is 11.4 Å². The highest BCUT2D eigenvalue weighted by Crippen LogP contribution is 2.30. The fourth-order valence-corrected chi connectivity index (χ4v) is 1.39. The molecule has 0 aromatic heterocycles. The normalized spacial score (nSPS) is 31.2. The lowest BCUT2D eigenvalue weighted by Gasteiger charge is -2.21. The first kappa shape index (κ1) is 9.23. The van der Waals surface area contributed by atoms with Crippen LogP contribution < -0.4 is 0 Å². The number of hydrogen-bond donors (Lipinski definition) is 0. The Hall–Kier alpha value is -0.860. The van der Waals surface area contributed by atoms with Crippen molar-refractivity contribution in [1.29, 1.82) is 0 Å². The third-order valence-electron chi connectivity index (χ3n) is 2.62. The van der Waals surface area contributed by atoms with Crippen LogP contribution in [0.3, 0.4) is 0 Å². The number of esters is 1. The van der Waals surface area contributed by atoms with E-state index >= 15 is 0 Å². The van der Waals surface area contributed by atoms with Gasteiger partial charge in [0.2, 0.25) is 5.78 Å². The maximum absolute atomic E-state index is 11.4. The van der Waals surface area contributed by atoms with Crippen molar-refractivity contribution >= 4 is 11.8 Å². The summed E-state index contributed by atoms with van der Waals surface area (Å²) in [5.74, 6) is -1.01. The van der Waals surface area contributed by atoms with Gasteiger partial charge < -0.3 is 4.74 Å². The fourth-order valence-electron chi connectivity index (χ4n) is 1.39. The standard InChI is InChI=1S/C9H14O3/c1-3-9(2)5-4-6-12-8(11)7(9)10/h3-6H2,1-2H3. The fraction of sp³-hybridized carbons (Fsp3) is 0.778. The maximum atomic E-state index is 11.4. The van der Waals surface area contributed by atoms with Crippen LogP contribution in [0.25, 0.3) is 0 Å². The van der Waals surface area contributed by atoms with Gasteiger partial charge in [0, 0.05) is 5.41 Å². The average molecular weight is 170 g/mol. The Balaban J connectivity index is 2.85. The molecular weight excluding hydrogens is 156 g/mol. The number of rotatable bonds is 1. The minimum absolute atomic E-state index is 0.359. The van der Waals surface area contributed by atoms with Crippen LogP contribution in [0.1, 0.15) is 33.1 Å². The molecule has 0 saturated carbocycles. The van der Waals surface area contributed by atoms with Crippen LogP contribution in [-0.2, 0) is 14.3 Å². The zero-order valence-electron chi connectivity index (χ0n) is 7.55. The molecule has 0 aromatic rings. The van der Waals surface area contributed by atoms with Crippen LogP contribution in [0.5, 0.6) is 0 Å². The van der Waals surface area contributed by atoms with E-state index in [1.807, 2.05) is 13.8 Å². The first-order chi connectivity index (χ1) is 5.60. The van der Waals surface area contributed by atoms with Crippen molar-refractivity contribution in [2.45, 2.75) is 33.1 Å². The van der Waals surface area contributed by atoms with Crippen molar-refractivity contribution < 1.29 is 14.3 Å². The molecule has 3 heteroatoms. The number of carbonyl (C=O) groups is 2. The Morgan fingerprint density at radius 3 is 2.75 bits per heavy atom. The zero-order chi connectivity index (χ0) is 9.19. The molecule has 3 nitrogen and oxygen atoms in total. The van der Waals surface area contributed by atoms with Crippen LogP contribution in [0.2, 0.25) is 0 Å². The second-order valence-electron chi connectivity index (χ2n) is 3.48. The summed E-state index contributed by atoms with van der Waals surface area (Å²) >= 11 is 0. The molecule has 68 valence electrons. The molecule has 0 bridgehead atoms. The predicted octanol–water partition coefficient (Wildman–Crippen LogP) is 1.31. The lowest BCUT2D eigenvalue weighted by atomic mass is 9.79. The van der Waals surface area contributed by atoms with Crippen molar-refractivity contribution in [3.05, 3.63) is 0 Å². The van der Waals surface area contributed by atoms with Gasteiger partial charge >= 0.3 is 5.97 Å². The molecule has 1 heterocycles. The van der Waals surface area contributed by atoms with Gasteiger partial charge in [0.1, 0.15) is 0 Å². The Morgan fingerprint density at radius 1 is 1.50 bits per heavy atom. The first-order valence-electron chi connectivity index (χ1n) is 4.32. The Labute approximate surface area is 72.1 Å². The second kappa shape index (κ2) is 3.25. The lowest BCUT2D eigenvalue weighted by Crippen LogP contribution is -2.32. The summed E-state index contributed by atoms with van der Waals surface area (Å²) in [5.41, 5.74) is -0.479. The molecule has 0 radical (unpaired) electrons. The smallest absolute Gasteiger partial charge is 0.375 e. The zero-order valence-corrected chi connectivity index (χ0v) is 7.55. The van der Waals surface area contributed by atoms with Crippen LogP contribution in [0.15, 0.2) is 0 Å². The van der Waals surface area contributed by atoms with E-state index in [4.69, 9.17) is 4.74 Å². The van der Waals surface area contributed by atoms with Gasteiger partial charge in [-0.15, -0.1) is 0 Å². The highest BCUT2D eigenvalue weighted by Gasteiger charge is 2.38.